The van der Waals surface area contributed by atoms with Crippen LogP contribution >= 0.6 is 0 Å². The minimum absolute atomic E-state index is 0.0678. The Morgan fingerprint density at radius 1 is 1.64 bits per heavy atom. The molecule has 1 aromatic heterocycles. The molecule has 0 aliphatic rings. The smallest absolute Gasteiger partial charge is 0.325 e. The third-order valence-corrected chi connectivity index (χ3v) is 1.61. The molecule has 0 aliphatic heterocycles. The van der Waals surface area contributed by atoms with E-state index in [1.807, 2.05) is 0 Å². The predicted molar refractivity (Wildman–Crippen MR) is 50.7 cm³/mol. The lowest BCUT2D eigenvalue weighted by molar-refractivity contribution is -0.138. The molecule has 1 rings (SSSR count). The second-order valence-electron chi connectivity index (χ2n) is 2.60. The second kappa shape index (κ2) is 5.18. The summed E-state index contributed by atoms with van der Waals surface area (Å²) >= 11 is 0. The van der Waals surface area contributed by atoms with Gasteiger partial charge in [0, 0.05) is 0 Å². The molecule has 0 saturated heterocycles. The second-order valence-corrected chi connectivity index (χ2v) is 2.60. The van der Waals surface area contributed by atoms with Crippen molar-refractivity contribution >= 4 is 11.8 Å². The molecule has 0 aliphatic carbocycles. The van der Waals surface area contributed by atoms with Crippen molar-refractivity contribution < 1.29 is 14.6 Å². The van der Waals surface area contributed by atoms with Crippen LogP contribution in [0.25, 0.3) is 0 Å². The van der Waals surface area contributed by atoms with Crippen LogP contribution in [0.4, 0.5) is 5.82 Å². The quantitative estimate of drug-likeness (QED) is 0.671. The van der Waals surface area contributed by atoms with Crippen molar-refractivity contribution in [2.75, 3.05) is 19.0 Å². The molecule has 5 heteroatoms. The van der Waals surface area contributed by atoms with Gasteiger partial charge in [0.05, 0.1) is 19.4 Å². The Kier molecular flexibility index (Phi) is 3.87. The van der Waals surface area contributed by atoms with Gasteiger partial charge in [-0.3, -0.25) is 4.79 Å². The summed E-state index contributed by atoms with van der Waals surface area (Å²) in [5.74, 6) is 0.183. The number of aromatic nitrogens is 1. The molecule has 0 amide bonds. The van der Waals surface area contributed by atoms with E-state index in [-0.39, 0.29) is 19.1 Å². The maximum Gasteiger partial charge on any atom is 0.325 e. The van der Waals surface area contributed by atoms with Crippen molar-refractivity contribution in [1.82, 2.24) is 4.98 Å². The number of hydrogen-bond donors (Lipinski definition) is 2. The average Bonchev–Trinajstić information content (AvgIpc) is 2.26. The average molecular weight is 196 g/mol. The maximum absolute atomic E-state index is 10.8. The molecule has 0 saturated carbocycles. The van der Waals surface area contributed by atoms with Gasteiger partial charge < -0.3 is 15.2 Å². The number of pyridine rings is 1. The number of methoxy groups -OCH3 is 1. The fraction of sp³-hybridized carbons (Fsp3) is 0.333. The summed E-state index contributed by atoms with van der Waals surface area (Å²) in [4.78, 5) is 14.8. The van der Waals surface area contributed by atoms with E-state index in [4.69, 9.17) is 5.11 Å². The summed E-state index contributed by atoms with van der Waals surface area (Å²) in [6.07, 6.45) is 0. The number of anilines is 1. The summed E-state index contributed by atoms with van der Waals surface area (Å²) in [6, 6.07) is 5.16. The first-order valence-electron chi connectivity index (χ1n) is 4.13. The Morgan fingerprint density at radius 3 is 3.07 bits per heavy atom. The van der Waals surface area contributed by atoms with Gasteiger partial charge in [-0.05, 0) is 12.1 Å². The van der Waals surface area contributed by atoms with E-state index >= 15 is 0 Å². The standard InChI is InChI=1S/C9H12N2O3/c1-14-9(13)5-10-8-4-2-3-7(6-12)11-8/h2-4,12H,5-6H2,1H3,(H,10,11). The van der Waals surface area contributed by atoms with Crippen molar-refractivity contribution in [3.05, 3.63) is 23.9 Å². The highest BCUT2D eigenvalue weighted by Crippen LogP contribution is 2.03. The lowest BCUT2D eigenvalue weighted by atomic mass is 10.3. The van der Waals surface area contributed by atoms with Crippen LogP contribution < -0.4 is 5.32 Å². The van der Waals surface area contributed by atoms with Crippen LogP contribution in [-0.2, 0) is 16.1 Å². The van der Waals surface area contributed by atoms with Crippen LogP contribution in [0.2, 0.25) is 0 Å². The highest BCUT2D eigenvalue weighted by Gasteiger charge is 2.00. The SMILES string of the molecule is COC(=O)CNc1cccc(CO)n1. The fourth-order valence-electron chi connectivity index (χ4n) is 0.901. The van der Waals surface area contributed by atoms with Crippen LogP contribution in [0.15, 0.2) is 18.2 Å². The van der Waals surface area contributed by atoms with Gasteiger partial charge in [-0.15, -0.1) is 0 Å². The van der Waals surface area contributed by atoms with Gasteiger partial charge >= 0.3 is 5.97 Å². The molecule has 1 aromatic rings. The van der Waals surface area contributed by atoms with Crippen LogP contribution in [0, 0.1) is 0 Å². The summed E-state index contributed by atoms with van der Waals surface area (Å²) < 4.78 is 4.45. The van der Waals surface area contributed by atoms with Gasteiger partial charge in [0.15, 0.2) is 0 Å². The van der Waals surface area contributed by atoms with E-state index in [1.165, 1.54) is 7.11 Å². The van der Waals surface area contributed by atoms with Gasteiger partial charge in [-0.2, -0.15) is 0 Å². The van der Waals surface area contributed by atoms with E-state index in [2.05, 4.69) is 15.0 Å². The van der Waals surface area contributed by atoms with E-state index in [1.54, 1.807) is 18.2 Å². The lowest BCUT2D eigenvalue weighted by Crippen LogP contribution is -2.15. The van der Waals surface area contributed by atoms with Gasteiger partial charge in [-0.25, -0.2) is 4.98 Å². The minimum atomic E-state index is -0.360. The number of aliphatic hydroxyl groups is 1. The molecule has 0 bridgehead atoms. The Balaban J connectivity index is 2.54. The number of nitrogens with one attached hydrogen (secondary N) is 1. The molecule has 14 heavy (non-hydrogen) atoms. The highest BCUT2D eigenvalue weighted by atomic mass is 16.5. The van der Waals surface area contributed by atoms with Crippen LogP contribution in [0.1, 0.15) is 5.69 Å². The summed E-state index contributed by atoms with van der Waals surface area (Å²) in [5.41, 5.74) is 0.555. The minimum Gasteiger partial charge on any atom is -0.468 e. The zero-order valence-corrected chi connectivity index (χ0v) is 7.86. The fourth-order valence-corrected chi connectivity index (χ4v) is 0.901. The van der Waals surface area contributed by atoms with Gasteiger partial charge in [0.25, 0.3) is 0 Å². The van der Waals surface area contributed by atoms with E-state index in [0.717, 1.165) is 0 Å². The first-order chi connectivity index (χ1) is 6.76. The summed E-state index contributed by atoms with van der Waals surface area (Å²) in [6.45, 7) is -0.0495. The predicted octanol–water partition coefficient (Wildman–Crippen LogP) is 0.159. The first-order valence-corrected chi connectivity index (χ1v) is 4.13. The summed E-state index contributed by atoms with van der Waals surface area (Å²) in [5, 5.41) is 11.6. The lowest BCUT2D eigenvalue weighted by Gasteiger charge is -2.04. The summed E-state index contributed by atoms with van der Waals surface area (Å²) in [7, 11) is 1.32. The number of nitrogens with zero attached hydrogens (tertiary/aromatic N) is 1. The number of esters is 1. The molecule has 0 unspecified atom stereocenters. The number of rotatable bonds is 4. The first kappa shape index (κ1) is 10.5. The number of aliphatic hydroxyl groups excluding tert-OH is 1. The van der Waals surface area contributed by atoms with Crippen molar-refractivity contribution in [2.24, 2.45) is 0 Å². The normalized spacial score (nSPS) is 9.57. The van der Waals surface area contributed by atoms with E-state index < -0.39 is 0 Å². The van der Waals surface area contributed by atoms with Crippen molar-refractivity contribution in [3.63, 3.8) is 0 Å². The monoisotopic (exact) mass is 196 g/mol. The van der Waals surface area contributed by atoms with E-state index in [9.17, 15) is 4.79 Å². The molecule has 0 atom stereocenters. The third kappa shape index (κ3) is 3.02. The molecule has 0 fully saturated rings. The van der Waals surface area contributed by atoms with E-state index in [0.29, 0.717) is 11.5 Å². The molecular formula is C9H12N2O3. The van der Waals surface area contributed by atoms with Crippen molar-refractivity contribution in [2.45, 2.75) is 6.61 Å². The number of carbonyl (C=O) groups is 1. The molecule has 2 N–H and O–H groups in total. The Bertz CT molecular complexity index is 315. The Labute approximate surface area is 81.7 Å². The van der Waals surface area contributed by atoms with Gasteiger partial charge in [0.2, 0.25) is 0 Å². The highest BCUT2D eigenvalue weighted by molar-refractivity contribution is 5.74. The molecule has 0 spiro atoms. The molecule has 0 aromatic carbocycles. The molecule has 76 valence electrons. The Morgan fingerprint density at radius 2 is 2.43 bits per heavy atom. The zero-order chi connectivity index (χ0) is 10.4. The molecule has 5 nitrogen and oxygen atoms in total. The Hall–Kier alpha value is -1.62. The molecule has 0 radical (unpaired) electrons. The molecular weight excluding hydrogens is 184 g/mol. The number of carbonyl (C=O) groups excluding carboxylic acids is 1. The van der Waals surface area contributed by atoms with Crippen molar-refractivity contribution in [1.29, 1.82) is 0 Å². The van der Waals surface area contributed by atoms with Crippen molar-refractivity contribution in [3.8, 4) is 0 Å². The number of ether oxygens (including phenoxy) is 1. The maximum atomic E-state index is 10.8. The number of hydrogen-bond acceptors (Lipinski definition) is 5. The third-order valence-electron chi connectivity index (χ3n) is 1.61. The largest absolute Gasteiger partial charge is 0.468 e. The molecule has 1 heterocycles. The van der Waals surface area contributed by atoms with Crippen LogP contribution in [-0.4, -0.2) is 29.7 Å². The van der Waals surface area contributed by atoms with Crippen LogP contribution in [0.3, 0.4) is 0 Å². The van der Waals surface area contributed by atoms with Crippen LogP contribution in [0.5, 0.6) is 0 Å². The van der Waals surface area contributed by atoms with Gasteiger partial charge in [-0.1, -0.05) is 6.07 Å². The topological polar surface area (TPSA) is 71.5 Å². The zero-order valence-electron chi connectivity index (χ0n) is 7.86. The van der Waals surface area contributed by atoms with Gasteiger partial charge in [0.1, 0.15) is 12.4 Å².